The topological polar surface area (TPSA) is 143 Å². The zero-order valence-corrected chi connectivity index (χ0v) is 23.0. The highest BCUT2D eigenvalue weighted by Gasteiger charge is 2.74. The lowest BCUT2D eigenvalue weighted by Gasteiger charge is -2.26. The molecule has 0 fully saturated rings. The highest BCUT2D eigenvalue weighted by atomic mass is 35.5. The normalized spacial score (nSPS) is 12.1. The molecular weight excluding hydrogens is 627 g/mol. The molecule has 4 aromatic rings. The standard InChI is InChI=1S/C25H17ClF7N9O2/c1-12-6-13(9-34)7-15(21(43)35-2)19(12)37-22(44)17-8-14(39-42(17)20-16(26)4-3-5-36-20)10-41-11-18(38-40-41)23(27,28)24(29,30)25(31,32)33/h3-8,11H,10H2,1-2H3,(H,35,43)(H,37,44). The van der Waals surface area contributed by atoms with Gasteiger partial charge in [0.1, 0.15) is 5.69 Å². The van der Waals surface area contributed by atoms with Gasteiger partial charge in [-0.3, -0.25) is 9.59 Å². The van der Waals surface area contributed by atoms with Crippen LogP contribution in [0.25, 0.3) is 5.82 Å². The first-order valence-corrected chi connectivity index (χ1v) is 12.4. The van der Waals surface area contributed by atoms with Crippen molar-refractivity contribution < 1.29 is 40.3 Å². The Morgan fingerprint density at radius 1 is 1.09 bits per heavy atom. The summed E-state index contributed by atoms with van der Waals surface area (Å²) in [6, 6.07) is 8.57. The quantitative estimate of drug-likeness (QED) is 0.266. The van der Waals surface area contributed by atoms with Crippen molar-refractivity contribution in [2.24, 2.45) is 0 Å². The number of nitrogens with one attached hydrogen (secondary N) is 2. The summed E-state index contributed by atoms with van der Waals surface area (Å²) in [6.45, 7) is 0.902. The minimum absolute atomic E-state index is 0.00821. The van der Waals surface area contributed by atoms with Crippen LogP contribution in [0.3, 0.4) is 0 Å². The number of hydrogen-bond acceptors (Lipinski definition) is 7. The van der Waals surface area contributed by atoms with Crippen molar-refractivity contribution in [2.75, 3.05) is 12.4 Å². The van der Waals surface area contributed by atoms with Gasteiger partial charge in [-0.15, -0.1) is 5.10 Å². The van der Waals surface area contributed by atoms with Gasteiger partial charge < -0.3 is 10.6 Å². The van der Waals surface area contributed by atoms with E-state index in [4.69, 9.17) is 11.6 Å². The van der Waals surface area contributed by atoms with Crippen LogP contribution < -0.4 is 10.6 Å². The molecule has 44 heavy (non-hydrogen) atoms. The molecule has 2 amide bonds. The summed E-state index contributed by atoms with van der Waals surface area (Å²) in [5.41, 5.74) is -1.91. The first-order chi connectivity index (χ1) is 20.5. The maximum absolute atomic E-state index is 14.1. The van der Waals surface area contributed by atoms with Gasteiger partial charge in [0.25, 0.3) is 11.8 Å². The van der Waals surface area contributed by atoms with E-state index < -0.39 is 42.1 Å². The van der Waals surface area contributed by atoms with E-state index in [0.717, 1.165) is 10.7 Å². The minimum Gasteiger partial charge on any atom is -0.355 e. The second kappa shape index (κ2) is 11.6. The predicted molar refractivity (Wildman–Crippen MR) is 138 cm³/mol. The molecule has 0 aliphatic heterocycles. The molecule has 0 saturated heterocycles. The SMILES string of the molecule is CNC(=O)c1cc(C#N)cc(C)c1NC(=O)c1cc(Cn2cc(C(F)(F)C(F)(F)C(F)(F)F)nn2)nn1-c1ncccc1Cl. The molecule has 230 valence electrons. The number of carbonyl (C=O) groups excluding carboxylic acids is 2. The van der Waals surface area contributed by atoms with Crippen LogP contribution >= 0.6 is 11.6 Å². The second-order valence-corrected chi connectivity index (χ2v) is 9.46. The number of anilines is 1. The highest BCUT2D eigenvalue weighted by Crippen LogP contribution is 2.51. The van der Waals surface area contributed by atoms with E-state index in [1.165, 1.54) is 44.4 Å². The zero-order valence-electron chi connectivity index (χ0n) is 22.2. The highest BCUT2D eigenvalue weighted by molar-refractivity contribution is 6.32. The molecule has 0 unspecified atom stereocenters. The number of aromatic nitrogens is 6. The van der Waals surface area contributed by atoms with E-state index >= 15 is 0 Å². The maximum Gasteiger partial charge on any atom is 0.460 e. The molecule has 0 radical (unpaired) electrons. The first kappa shape index (κ1) is 31.9. The number of rotatable bonds is 8. The second-order valence-electron chi connectivity index (χ2n) is 9.05. The van der Waals surface area contributed by atoms with Crippen LogP contribution in [0.4, 0.5) is 36.4 Å². The summed E-state index contributed by atoms with van der Waals surface area (Å²) >= 11 is 6.23. The Bertz CT molecular complexity index is 1790. The zero-order chi connectivity index (χ0) is 32.6. The lowest BCUT2D eigenvalue weighted by atomic mass is 10.0. The Morgan fingerprint density at radius 2 is 1.80 bits per heavy atom. The Morgan fingerprint density at radius 3 is 2.41 bits per heavy atom. The van der Waals surface area contributed by atoms with E-state index in [0.29, 0.717) is 10.2 Å². The summed E-state index contributed by atoms with van der Waals surface area (Å²) < 4.78 is 94.4. The molecule has 19 heteroatoms. The van der Waals surface area contributed by atoms with Crippen LogP contribution in [-0.2, 0) is 12.5 Å². The number of hydrogen-bond donors (Lipinski definition) is 2. The van der Waals surface area contributed by atoms with Crippen molar-refractivity contribution in [1.29, 1.82) is 5.26 Å². The molecule has 2 N–H and O–H groups in total. The van der Waals surface area contributed by atoms with Crippen LogP contribution in [0.5, 0.6) is 0 Å². The van der Waals surface area contributed by atoms with Crippen molar-refractivity contribution in [3.8, 4) is 11.9 Å². The number of nitrogens with zero attached hydrogens (tertiary/aromatic N) is 7. The lowest BCUT2D eigenvalue weighted by molar-refractivity contribution is -0.360. The van der Waals surface area contributed by atoms with E-state index in [1.807, 2.05) is 6.07 Å². The van der Waals surface area contributed by atoms with Crippen LogP contribution in [0.1, 0.15) is 43.4 Å². The summed E-state index contributed by atoms with van der Waals surface area (Å²) in [5.74, 6) is -13.8. The average molecular weight is 644 g/mol. The van der Waals surface area contributed by atoms with Gasteiger partial charge in [0.05, 0.1) is 46.3 Å². The number of aryl methyl sites for hydroxylation is 1. The van der Waals surface area contributed by atoms with Crippen LogP contribution in [-0.4, -0.2) is 60.7 Å². The first-order valence-electron chi connectivity index (χ1n) is 12.0. The molecule has 1 aromatic carbocycles. The summed E-state index contributed by atoms with van der Waals surface area (Å²) in [4.78, 5) is 30.1. The van der Waals surface area contributed by atoms with Crippen molar-refractivity contribution in [3.63, 3.8) is 0 Å². The molecule has 0 bridgehead atoms. The molecule has 0 aliphatic carbocycles. The van der Waals surface area contributed by atoms with Crippen molar-refractivity contribution in [3.05, 3.63) is 81.5 Å². The minimum atomic E-state index is -6.58. The van der Waals surface area contributed by atoms with Gasteiger partial charge in [0.2, 0.25) is 0 Å². The van der Waals surface area contributed by atoms with Crippen molar-refractivity contribution in [1.82, 2.24) is 35.1 Å². The molecule has 4 rings (SSSR count). The Labute approximate surface area is 247 Å². The van der Waals surface area contributed by atoms with E-state index in [2.05, 4.69) is 31.0 Å². The number of halogens is 8. The largest absolute Gasteiger partial charge is 0.460 e. The fourth-order valence-electron chi connectivity index (χ4n) is 3.90. The van der Waals surface area contributed by atoms with Crippen LogP contribution in [0, 0.1) is 18.3 Å². The number of nitriles is 1. The smallest absolute Gasteiger partial charge is 0.355 e. The van der Waals surface area contributed by atoms with Crippen LogP contribution in [0.2, 0.25) is 5.02 Å². The number of amides is 2. The third kappa shape index (κ3) is 5.77. The summed E-state index contributed by atoms with van der Waals surface area (Å²) in [5, 5.41) is 24.4. The molecule has 11 nitrogen and oxygen atoms in total. The third-order valence-corrected chi connectivity index (χ3v) is 6.34. The van der Waals surface area contributed by atoms with E-state index in [9.17, 15) is 45.6 Å². The fraction of sp³-hybridized carbons (Fsp3) is 0.240. The number of alkyl halides is 7. The van der Waals surface area contributed by atoms with Gasteiger partial charge in [-0.25, -0.2) is 14.3 Å². The predicted octanol–water partition coefficient (Wildman–Crippen LogP) is 4.64. The van der Waals surface area contributed by atoms with Crippen molar-refractivity contribution >= 4 is 29.1 Å². The maximum atomic E-state index is 14.1. The van der Waals surface area contributed by atoms with Gasteiger partial charge in [-0.1, -0.05) is 16.8 Å². The van der Waals surface area contributed by atoms with Gasteiger partial charge in [-0.2, -0.15) is 41.1 Å². The Kier molecular flexibility index (Phi) is 8.37. The van der Waals surface area contributed by atoms with Gasteiger partial charge >= 0.3 is 18.0 Å². The van der Waals surface area contributed by atoms with Gasteiger partial charge in [-0.05, 0) is 42.8 Å². The average Bonchev–Trinajstić information content (AvgIpc) is 3.61. The Balaban J connectivity index is 1.74. The molecule has 3 heterocycles. The van der Waals surface area contributed by atoms with Gasteiger partial charge in [0, 0.05) is 13.2 Å². The van der Waals surface area contributed by atoms with Crippen molar-refractivity contribution in [2.45, 2.75) is 31.5 Å². The summed E-state index contributed by atoms with van der Waals surface area (Å²) in [6.07, 6.45) is -5.08. The Hall–Kier alpha value is -5.05. The number of pyridine rings is 1. The monoisotopic (exact) mass is 643 g/mol. The lowest BCUT2D eigenvalue weighted by Crippen LogP contribution is -2.50. The molecule has 3 aromatic heterocycles. The van der Waals surface area contributed by atoms with E-state index in [-0.39, 0.29) is 45.2 Å². The molecular formula is C25H17ClF7N9O2. The molecule has 0 saturated carbocycles. The number of benzene rings is 1. The molecule has 0 spiro atoms. The number of carbonyl (C=O) groups is 2. The van der Waals surface area contributed by atoms with Gasteiger partial charge in [0.15, 0.2) is 11.5 Å². The molecule has 0 atom stereocenters. The fourth-order valence-corrected chi connectivity index (χ4v) is 4.10. The van der Waals surface area contributed by atoms with E-state index in [1.54, 1.807) is 0 Å². The van der Waals surface area contributed by atoms with Crippen LogP contribution in [0.15, 0.2) is 42.7 Å². The third-order valence-electron chi connectivity index (χ3n) is 6.04. The molecule has 0 aliphatic rings. The summed E-state index contributed by atoms with van der Waals surface area (Å²) in [7, 11) is 1.34.